The van der Waals surface area contributed by atoms with Crippen molar-refractivity contribution in [1.29, 1.82) is 5.26 Å². The van der Waals surface area contributed by atoms with E-state index < -0.39 is 5.97 Å². The van der Waals surface area contributed by atoms with E-state index in [1.165, 1.54) is 0 Å². The quantitative estimate of drug-likeness (QED) is 0.877. The summed E-state index contributed by atoms with van der Waals surface area (Å²) in [6, 6.07) is 16.0. The van der Waals surface area contributed by atoms with E-state index in [1.54, 1.807) is 30.3 Å². The maximum atomic E-state index is 10.8. The van der Waals surface area contributed by atoms with Crippen LogP contribution in [0.25, 0.3) is 0 Å². The summed E-state index contributed by atoms with van der Waals surface area (Å²) in [5, 5.41) is 20.7. The molecule has 0 atom stereocenters. The third kappa shape index (κ3) is 3.33. The van der Waals surface area contributed by atoms with Crippen LogP contribution in [-0.4, -0.2) is 11.1 Å². The van der Waals surface area contributed by atoms with Gasteiger partial charge in [-0.05, 0) is 35.9 Å². The minimum atomic E-state index is -0.943. The molecule has 2 aromatic rings. The molecule has 0 aliphatic carbocycles. The van der Waals surface area contributed by atoms with Crippen molar-refractivity contribution >= 4 is 11.7 Å². The maximum absolute atomic E-state index is 10.8. The Hall–Kier alpha value is -2.80. The first kappa shape index (κ1) is 12.7. The zero-order valence-electron chi connectivity index (χ0n) is 10.1. The topological polar surface area (TPSA) is 73.1 Å². The van der Waals surface area contributed by atoms with Gasteiger partial charge in [0.05, 0.1) is 17.2 Å². The second kappa shape index (κ2) is 5.69. The van der Waals surface area contributed by atoms with Gasteiger partial charge in [-0.2, -0.15) is 5.26 Å². The van der Waals surface area contributed by atoms with Gasteiger partial charge < -0.3 is 10.4 Å². The molecule has 2 aromatic carbocycles. The molecule has 0 aliphatic rings. The number of carboxylic acid groups (broad SMARTS) is 1. The van der Waals surface area contributed by atoms with Crippen molar-refractivity contribution in [3.8, 4) is 6.07 Å². The monoisotopic (exact) mass is 252 g/mol. The van der Waals surface area contributed by atoms with E-state index in [1.807, 2.05) is 18.2 Å². The van der Waals surface area contributed by atoms with Crippen molar-refractivity contribution in [3.05, 3.63) is 65.2 Å². The molecular weight excluding hydrogens is 240 g/mol. The number of nitrogens with one attached hydrogen (secondary N) is 1. The smallest absolute Gasteiger partial charge is 0.335 e. The molecule has 2 rings (SSSR count). The van der Waals surface area contributed by atoms with E-state index in [9.17, 15) is 4.79 Å². The van der Waals surface area contributed by atoms with Crippen LogP contribution >= 0.6 is 0 Å². The highest BCUT2D eigenvalue weighted by Crippen LogP contribution is 2.12. The number of anilines is 1. The molecule has 0 unspecified atom stereocenters. The largest absolute Gasteiger partial charge is 0.478 e. The van der Waals surface area contributed by atoms with Crippen LogP contribution in [0.4, 0.5) is 5.69 Å². The molecule has 0 fully saturated rings. The predicted octanol–water partition coefficient (Wildman–Crippen LogP) is 2.87. The van der Waals surface area contributed by atoms with Crippen molar-refractivity contribution in [2.75, 3.05) is 5.32 Å². The lowest BCUT2D eigenvalue weighted by Gasteiger charge is -2.07. The van der Waals surface area contributed by atoms with Gasteiger partial charge in [-0.1, -0.05) is 18.2 Å². The van der Waals surface area contributed by atoms with Gasteiger partial charge in [-0.3, -0.25) is 0 Å². The van der Waals surface area contributed by atoms with E-state index in [0.717, 1.165) is 11.3 Å². The first-order valence-electron chi connectivity index (χ1n) is 5.75. The molecular formula is C15H12N2O2. The van der Waals surface area contributed by atoms with Crippen LogP contribution < -0.4 is 5.32 Å². The zero-order chi connectivity index (χ0) is 13.7. The second-order valence-electron chi connectivity index (χ2n) is 4.05. The number of hydrogen-bond donors (Lipinski definition) is 2. The van der Waals surface area contributed by atoms with Gasteiger partial charge in [0.15, 0.2) is 0 Å². The zero-order valence-corrected chi connectivity index (χ0v) is 10.1. The molecule has 19 heavy (non-hydrogen) atoms. The molecule has 4 nitrogen and oxygen atoms in total. The van der Waals surface area contributed by atoms with Gasteiger partial charge in [-0.25, -0.2) is 4.79 Å². The molecule has 0 radical (unpaired) electrons. The standard InChI is InChI=1S/C15H12N2O2/c16-9-11-4-6-12(7-5-11)10-17-14-3-1-2-13(8-14)15(18)19/h1-8,17H,10H2,(H,18,19). The van der Waals surface area contributed by atoms with Crippen LogP contribution in [0.1, 0.15) is 21.5 Å². The first-order chi connectivity index (χ1) is 9.19. The van der Waals surface area contributed by atoms with Crippen molar-refractivity contribution < 1.29 is 9.90 Å². The number of aromatic carboxylic acids is 1. The van der Waals surface area contributed by atoms with Gasteiger partial charge in [0.1, 0.15) is 0 Å². The average Bonchev–Trinajstić information content (AvgIpc) is 2.46. The van der Waals surface area contributed by atoms with E-state index in [-0.39, 0.29) is 5.56 Å². The van der Waals surface area contributed by atoms with Gasteiger partial charge in [0.2, 0.25) is 0 Å². The number of carbonyl (C=O) groups is 1. The van der Waals surface area contributed by atoms with Crippen molar-refractivity contribution in [3.63, 3.8) is 0 Å². The molecule has 0 aliphatic heterocycles. The summed E-state index contributed by atoms with van der Waals surface area (Å²) in [5.41, 5.74) is 2.66. The number of rotatable bonds is 4. The fourth-order valence-corrected chi connectivity index (χ4v) is 1.66. The number of benzene rings is 2. The van der Waals surface area contributed by atoms with E-state index in [2.05, 4.69) is 11.4 Å². The summed E-state index contributed by atoms with van der Waals surface area (Å²) in [6.07, 6.45) is 0. The SMILES string of the molecule is N#Cc1ccc(CNc2cccc(C(=O)O)c2)cc1. The molecule has 4 heteroatoms. The number of hydrogen-bond acceptors (Lipinski definition) is 3. The van der Waals surface area contributed by atoms with Gasteiger partial charge in [0, 0.05) is 12.2 Å². The summed E-state index contributed by atoms with van der Waals surface area (Å²) in [7, 11) is 0. The van der Waals surface area contributed by atoms with Crippen LogP contribution in [0.3, 0.4) is 0 Å². The Balaban J connectivity index is 2.03. The summed E-state index contributed by atoms with van der Waals surface area (Å²) in [5.74, 6) is -0.943. The molecule has 0 saturated carbocycles. The molecule has 94 valence electrons. The Morgan fingerprint density at radius 3 is 2.58 bits per heavy atom. The maximum Gasteiger partial charge on any atom is 0.335 e. The highest BCUT2D eigenvalue weighted by Gasteiger charge is 2.02. The summed E-state index contributed by atoms with van der Waals surface area (Å²) >= 11 is 0. The van der Waals surface area contributed by atoms with Crippen LogP contribution in [0.15, 0.2) is 48.5 Å². The lowest BCUT2D eigenvalue weighted by Crippen LogP contribution is -2.01. The van der Waals surface area contributed by atoms with Crippen molar-refractivity contribution in [2.45, 2.75) is 6.54 Å². The van der Waals surface area contributed by atoms with Crippen molar-refractivity contribution in [2.24, 2.45) is 0 Å². The van der Waals surface area contributed by atoms with Gasteiger partial charge in [0.25, 0.3) is 0 Å². The highest BCUT2D eigenvalue weighted by molar-refractivity contribution is 5.88. The number of nitrogens with zero attached hydrogens (tertiary/aromatic N) is 1. The number of carboxylic acids is 1. The third-order valence-corrected chi connectivity index (χ3v) is 2.69. The second-order valence-corrected chi connectivity index (χ2v) is 4.05. The Kier molecular flexibility index (Phi) is 3.79. The highest BCUT2D eigenvalue weighted by atomic mass is 16.4. The van der Waals surface area contributed by atoms with Crippen molar-refractivity contribution in [1.82, 2.24) is 0 Å². The minimum Gasteiger partial charge on any atom is -0.478 e. The summed E-state index contributed by atoms with van der Waals surface area (Å²) < 4.78 is 0. The lowest BCUT2D eigenvalue weighted by molar-refractivity contribution is 0.0697. The molecule has 0 amide bonds. The minimum absolute atomic E-state index is 0.254. The Labute approximate surface area is 110 Å². The summed E-state index contributed by atoms with van der Waals surface area (Å²) in [6.45, 7) is 0.578. The van der Waals surface area contributed by atoms with Gasteiger partial charge in [-0.15, -0.1) is 0 Å². The Morgan fingerprint density at radius 1 is 1.21 bits per heavy atom. The van der Waals surface area contributed by atoms with Crippen LogP contribution in [0.2, 0.25) is 0 Å². The van der Waals surface area contributed by atoms with E-state index >= 15 is 0 Å². The lowest BCUT2D eigenvalue weighted by atomic mass is 10.1. The van der Waals surface area contributed by atoms with Crippen LogP contribution in [0, 0.1) is 11.3 Å². The molecule has 0 heterocycles. The summed E-state index contributed by atoms with van der Waals surface area (Å²) in [4.78, 5) is 10.8. The third-order valence-electron chi connectivity index (χ3n) is 2.69. The number of nitriles is 1. The molecule has 2 N–H and O–H groups in total. The average molecular weight is 252 g/mol. The van der Waals surface area contributed by atoms with Crippen LogP contribution in [0.5, 0.6) is 0 Å². The van der Waals surface area contributed by atoms with E-state index in [0.29, 0.717) is 12.1 Å². The van der Waals surface area contributed by atoms with Gasteiger partial charge >= 0.3 is 5.97 Å². The fourth-order valence-electron chi connectivity index (χ4n) is 1.66. The molecule has 0 saturated heterocycles. The Bertz CT molecular complexity index is 627. The normalized spacial score (nSPS) is 9.63. The predicted molar refractivity (Wildman–Crippen MR) is 71.9 cm³/mol. The first-order valence-corrected chi connectivity index (χ1v) is 5.75. The Morgan fingerprint density at radius 2 is 1.95 bits per heavy atom. The molecule has 0 spiro atoms. The van der Waals surface area contributed by atoms with E-state index in [4.69, 9.17) is 10.4 Å². The molecule has 0 bridgehead atoms. The van der Waals surface area contributed by atoms with Crippen LogP contribution in [-0.2, 0) is 6.54 Å². The fraction of sp³-hybridized carbons (Fsp3) is 0.0667. The molecule has 0 aromatic heterocycles.